The van der Waals surface area contributed by atoms with Gasteiger partial charge in [0.25, 0.3) is 0 Å². The molecule has 2 rings (SSSR count). The molecule has 0 spiro atoms. The largest absolute Gasteiger partial charge is 0.379 e. The number of aryl methyl sites for hydroxylation is 1. The number of thiazole rings is 1. The number of nitrogens with zero attached hydrogens (tertiary/aromatic N) is 3. The smallest absolute Gasteiger partial charge is 0.191 e. The first-order valence-corrected chi connectivity index (χ1v) is 9.15. The normalized spacial score (nSPS) is 17.5. The third-order valence-corrected chi connectivity index (χ3v) is 5.18. The molecule has 8 heteroatoms. The van der Waals surface area contributed by atoms with Crippen LogP contribution in [-0.4, -0.2) is 61.8 Å². The van der Waals surface area contributed by atoms with Gasteiger partial charge in [-0.2, -0.15) is 0 Å². The Kier molecular flexibility index (Phi) is 10.1. The molecule has 0 aliphatic carbocycles. The molecule has 0 radical (unpaired) electrons. The van der Waals surface area contributed by atoms with Crippen molar-refractivity contribution in [3.8, 4) is 0 Å². The van der Waals surface area contributed by atoms with Crippen LogP contribution in [0.15, 0.2) is 10.5 Å². The highest BCUT2D eigenvalue weighted by Crippen LogP contribution is 2.13. The fraction of sp³-hybridized carbons (Fsp3) is 0.750. The second kappa shape index (κ2) is 11.2. The molecule has 24 heavy (non-hydrogen) atoms. The van der Waals surface area contributed by atoms with Crippen LogP contribution in [0.3, 0.4) is 0 Å². The van der Waals surface area contributed by atoms with Gasteiger partial charge in [0, 0.05) is 37.6 Å². The summed E-state index contributed by atoms with van der Waals surface area (Å²) in [6.45, 7) is 11.9. The average molecular weight is 467 g/mol. The lowest BCUT2D eigenvalue weighted by Gasteiger charge is -2.37. The van der Waals surface area contributed by atoms with Gasteiger partial charge in [-0.15, -0.1) is 35.3 Å². The molecule has 1 aromatic rings. The van der Waals surface area contributed by atoms with Crippen molar-refractivity contribution in [2.24, 2.45) is 10.9 Å². The number of hydrogen-bond donors (Lipinski definition) is 2. The van der Waals surface area contributed by atoms with Gasteiger partial charge in [-0.25, -0.2) is 4.98 Å². The molecular weight excluding hydrogens is 437 g/mol. The first-order valence-electron chi connectivity index (χ1n) is 8.27. The zero-order valence-corrected chi connectivity index (χ0v) is 18.2. The fourth-order valence-corrected chi connectivity index (χ4v) is 3.49. The molecule has 1 aliphatic heterocycles. The van der Waals surface area contributed by atoms with E-state index in [-0.39, 0.29) is 24.0 Å². The van der Waals surface area contributed by atoms with Gasteiger partial charge in [-0.05, 0) is 12.8 Å². The van der Waals surface area contributed by atoms with Crippen molar-refractivity contribution in [1.82, 2.24) is 20.5 Å². The number of aromatic nitrogens is 1. The van der Waals surface area contributed by atoms with E-state index < -0.39 is 0 Å². The van der Waals surface area contributed by atoms with E-state index in [2.05, 4.69) is 39.4 Å². The zero-order chi connectivity index (χ0) is 16.7. The number of nitrogens with one attached hydrogen (secondary N) is 2. The van der Waals surface area contributed by atoms with E-state index in [1.54, 1.807) is 11.3 Å². The quantitative estimate of drug-likeness (QED) is 0.381. The molecule has 138 valence electrons. The third kappa shape index (κ3) is 6.45. The molecule has 1 unspecified atom stereocenters. The first-order chi connectivity index (χ1) is 11.1. The standard InChI is InChI=1S/C16H29N5OS.HI/c1-12(2)14(21-5-7-22-8-6-21)9-18-16(17-4)19-10-15-13(3)20-11-23-15;/h11-12,14H,5-10H2,1-4H3,(H2,17,18,19);1H. The van der Waals surface area contributed by atoms with Crippen LogP contribution in [0.1, 0.15) is 24.4 Å². The van der Waals surface area contributed by atoms with Gasteiger partial charge in [0.15, 0.2) is 5.96 Å². The summed E-state index contributed by atoms with van der Waals surface area (Å²) in [6.07, 6.45) is 0. The van der Waals surface area contributed by atoms with Crippen molar-refractivity contribution in [1.29, 1.82) is 0 Å². The number of hydrogen-bond acceptors (Lipinski definition) is 5. The summed E-state index contributed by atoms with van der Waals surface area (Å²) in [5.41, 5.74) is 2.97. The highest BCUT2D eigenvalue weighted by atomic mass is 127. The Morgan fingerprint density at radius 1 is 1.38 bits per heavy atom. The second-order valence-corrected chi connectivity index (χ2v) is 7.07. The van der Waals surface area contributed by atoms with Crippen LogP contribution in [-0.2, 0) is 11.3 Å². The maximum absolute atomic E-state index is 5.46. The Morgan fingerprint density at radius 2 is 2.08 bits per heavy atom. The van der Waals surface area contributed by atoms with E-state index in [0.717, 1.165) is 51.0 Å². The Balaban J connectivity index is 0.00000288. The predicted octanol–water partition coefficient (Wildman–Crippen LogP) is 2.09. The summed E-state index contributed by atoms with van der Waals surface area (Å²) in [6, 6.07) is 0.489. The van der Waals surface area contributed by atoms with Crippen molar-refractivity contribution >= 4 is 41.3 Å². The number of ether oxygens (including phenoxy) is 1. The topological polar surface area (TPSA) is 61.8 Å². The number of morpholine rings is 1. The minimum absolute atomic E-state index is 0. The number of aliphatic imine (C=N–C) groups is 1. The molecule has 0 amide bonds. The van der Waals surface area contributed by atoms with Crippen LogP contribution >= 0.6 is 35.3 Å². The predicted molar refractivity (Wildman–Crippen MR) is 111 cm³/mol. The molecule has 1 aromatic heterocycles. The summed E-state index contributed by atoms with van der Waals surface area (Å²) in [4.78, 5) is 12.4. The van der Waals surface area contributed by atoms with Crippen molar-refractivity contribution in [2.45, 2.75) is 33.4 Å². The van der Waals surface area contributed by atoms with Crippen molar-refractivity contribution in [2.75, 3.05) is 39.9 Å². The molecular formula is C16H30IN5OS. The minimum atomic E-state index is 0. The number of halogens is 1. The maximum atomic E-state index is 5.46. The molecule has 0 aromatic carbocycles. The van der Waals surface area contributed by atoms with Crippen molar-refractivity contribution in [3.63, 3.8) is 0 Å². The van der Waals surface area contributed by atoms with Gasteiger partial charge in [-0.3, -0.25) is 9.89 Å². The van der Waals surface area contributed by atoms with E-state index in [1.165, 1.54) is 4.88 Å². The van der Waals surface area contributed by atoms with Crippen LogP contribution in [0, 0.1) is 12.8 Å². The maximum Gasteiger partial charge on any atom is 0.191 e. The second-order valence-electron chi connectivity index (χ2n) is 6.13. The zero-order valence-electron chi connectivity index (χ0n) is 15.0. The van der Waals surface area contributed by atoms with Crippen LogP contribution in [0.25, 0.3) is 0 Å². The SMILES string of the molecule is CN=C(NCc1scnc1C)NCC(C(C)C)N1CCOCC1.I. The van der Waals surface area contributed by atoms with Gasteiger partial charge < -0.3 is 15.4 Å². The average Bonchev–Trinajstić information content (AvgIpc) is 2.96. The molecule has 1 saturated heterocycles. The molecule has 6 nitrogen and oxygen atoms in total. The lowest BCUT2D eigenvalue weighted by Crippen LogP contribution is -2.52. The van der Waals surface area contributed by atoms with Crippen LogP contribution < -0.4 is 10.6 Å². The van der Waals surface area contributed by atoms with Gasteiger partial charge in [0.05, 0.1) is 31.0 Å². The van der Waals surface area contributed by atoms with E-state index in [4.69, 9.17) is 4.74 Å². The Morgan fingerprint density at radius 3 is 2.62 bits per heavy atom. The van der Waals surface area contributed by atoms with E-state index >= 15 is 0 Å². The first kappa shape index (κ1) is 21.6. The monoisotopic (exact) mass is 467 g/mol. The van der Waals surface area contributed by atoms with Crippen molar-refractivity contribution in [3.05, 3.63) is 16.1 Å². The highest BCUT2D eigenvalue weighted by Gasteiger charge is 2.23. The number of guanidine groups is 1. The van der Waals surface area contributed by atoms with E-state index in [0.29, 0.717) is 12.0 Å². The van der Waals surface area contributed by atoms with E-state index in [1.807, 2.05) is 19.5 Å². The molecule has 2 N–H and O–H groups in total. The number of rotatable bonds is 6. The fourth-order valence-electron chi connectivity index (χ4n) is 2.78. The summed E-state index contributed by atoms with van der Waals surface area (Å²) in [7, 11) is 1.81. The lowest BCUT2D eigenvalue weighted by atomic mass is 10.0. The molecule has 0 saturated carbocycles. The van der Waals surface area contributed by atoms with E-state index in [9.17, 15) is 0 Å². The minimum Gasteiger partial charge on any atom is -0.379 e. The Bertz CT molecular complexity index is 502. The lowest BCUT2D eigenvalue weighted by molar-refractivity contribution is 0.00752. The molecule has 1 atom stereocenters. The van der Waals surface area contributed by atoms with Gasteiger partial charge in [0.1, 0.15) is 0 Å². The van der Waals surface area contributed by atoms with Crippen molar-refractivity contribution < 1.29 is 4.74 Å². The van der Waals surface area contributed by atoms with Crippen LogP contribution in [0.4, 0.5) is 0 Å². The van der Waals surface area contributed by atoms with Crippen LogP contribution in [0.2, 0.25) is 0 Å². The highest BCUT2D eigenvalue weighted by molar-refractivity contribution is 14.0. The molecule has 1 fully saturated rings. The van der Waals surface area contributed by atoms with Gasteiger partial charge in [0.2, 0.25) is 0 Å². The third-order valence-electron chi connectivity index (χ3n) is 4.25. The Hall–Kier alpha value is -0.450. The summed E-state index contributed by atoms with van der Waals surface area (Å²) in [5, 5.41) is 6.85. The summed E-state index contributed by atoms with van der Waals surface area (Å²) < 4.78 is 5.46. The summed E-state index contributed by atoms with van der Waals surface area (Å²) >= 11 is 1.68. The van der Waals surface area contributed by atoms with Gasteiger partial charge in [-0.1, -0.05) is 13.8 Å². The molecule has 1 aliphatic rings. The molecule has 2 heterocycles. The van der Waals surface area contributed by atoms with Crippen LogP contribution in [0.5, 0.6) is 0 Å². The molecule has 0 bridgehead atoms. The summed E-state index contributed by atoms with van der Waals surface area (Å²) in [5.74, 6) is 1.43. The van der Waals surface area contributed by atoms with Gasteiger partial charge >= 0.3 is 0 Å². The Labute approximate surface area is 166 Å².